The minimum Gasteiger partial charge on any atom is -0.337 e. The van der Waals surface area contributed by atoms with Crippen molar-refractivity contribution in [3.8, 4) is 0 Å². The van der Waals surface area contributed by atoms with Crippen LogP contribution in [0, 0.1) is 0 Å². The van der Waals surface area contributed by atoms with Crippen LogP contribution in [-0.2, 0) is 13.6 Å². The lowest BCUT2D eigenvalue weighted by molar-refractivity contribution is 0.709. The van der Waals surface area contributed by atoms with E-state index >= 15 is 0 Å². The summed E-state index contributed by atoms with van der Waals surface area (Å²) < 4.78 is 2.00. The van der Waals surface area contributed by atoms with Gasteiger partial charge in [0.2, 0.25) is 0 Å². The van der Waals surface area contributed by atoms with Crippen molar-refractivity contribution < 1.29 is 0 Å². The second-order valence-corrected chi connectivity index (χ2v) is 1.98. The first-order valence-corrected chi connectivity index (χ1v) is 3.95. The van der Waals surface area contributed by atoms with Gasteiger partial charge < -0.3 is 9.88 Å². The van der Waals surface area contributed by atoms with Crippen LogP contribution in [0.25, 0.3) is 0 Å². The average Bonchev–Trinajstić information content (AvgIpc) is 2.42. The molecule has 1 rings (SSSR count). The van der Waals surface area contributed by atoms with Crippen molar-refractivity contribution in [1.82, 2.24) is 14.9 Å². The van der Waals surface area contributed by atoms with Crippen LogP contribution in [0.5, 0.6) is 0 Å². The van der Waals surface area contributed by atoms with Gasteiger partial charge in [-0.05, 0) is 7.05 Å². The summed E-state index contributed by atoms with van der Waals surface area (Å²) in [7, 11) is 3.90. The van der Waals surface area contributed by atoms with E-state index in [1.807, 2.05) is 38.7 Å². The summed E-state index contributed by atoms with van der Waals surface area (Å²) in [6.07, 6.45) is 3.74. The van der Waals surface area contributed by atoms with E-state index in [4.69, 9.17) is 0 Å². The number of nitrogens with one attached hydrogen (secondary N) is 1. The molecule has 1 N–H and O–H groups in total. The molecule has 0 aliphatic carbocycles. The van der Waals surface area contributed by atoms with Crippen LogP contribution < -0.4 is 5.32 Å². The highest BCUT2D eigenvalue weighted by Crippen LogP contribution is 1.90. The summed E-state index contributed by atoms with van der Waals surface area (Å²) in [5.41, 5.74) is 0. The molecule has 0 aliphatic rings. The second-order valence-electron chi connectivity index (χ2n) is 1.98. The predicted octanol–water partition coefficient (Wildman–Crippen LogP) is 1.17. The highest BCUT2D eigenvalue weighted by molar-refractivity contribution is 4.89. The lowest BCUT2D eigenvalue weighted by atomic mass is 10.6. The molecule has 3 heteroatoms. The first kappa shape index (κ1) is 10.2. The molecule has 11 heavy (non-hydrogen) atoms. The van der Waals surface area contributed by atoms with Gasteiger partial charge in [-0.3, -0.25) is 0 Å². The van der Waals surface area contributed by atoms with Crippen molar-refractivity contribution in [2.75, 3.05) is 7.05 Å². The van der Waals surface area contributed by atoms with Gasteiger partial charge in [-0.25, -0.2) is 4.98 Å². The minimum atomic E-state index is 0.837. The average molecular weight is 155 g/mol. The van der Waals surface area contributed by atoms with Gasteiger partial charge in [-0.15, -0.1) is 0 Å². The SMILES string of the molecule is CC.CNCc1nccn1C. The van der Waals surface area contributed by atoms with Gasteiger partial charge in [0.05, 0.1) is 6.54 Å². The molecule has 1 heterocycles. The largest absolute Gasteiger partial charge is 0.337 e. The highest BCUT2D eigenvalue weighted by Gasteiger charge is 1.93. The molecule has 0 unspecified atom stereocenters. The molecule has 3 nitrogen and oxygen atoms in total. The third-order valence-electron chi connectivity index (χ3n) is 1.26. The summed E-state index contributed by atoms with van der Waals surface area (Å²) in [5.74, 6) is 1.07. The number of imidazole rings is 1. The lowest BCUT2D eigenvalue weighted by Gasteiger charge is -1.97. The summed E-state index contributed by atoms with van der Waals surface area (Å²) in [4.78, 5) is 4.11. The molecule has 0 atom stereocenters. The first-order valence-electron chi connectivity index (χ1n) is 3.95. The Kier molecular flexibility index (Phi) is 5.47. The molecule has 0 saturated heterocycles. The lowest BCUT2D eigenvalue weighted by Crippen LogP contribution is -2.09. The van der Waals surface area contributed by atoms with Crippen LogP contribution in [0.3, 0.4) is 0 Å². The maximum Gasteiger partial charge on any atom is 0.122 e. The molecular weight excluding hydrogens is 138 g/mol. The molecule has 0 bridgehead atoms. The number of aryl methyl sites for hydroxylation is 1. The van der Waals surface area contributed by atoms with Crippen molar-refractivity contribution >= 4 is 0 Å². The fourth-order valence-corrected chi connectivity index (χ4v) is 0.725. The first-order chi connectivity index (χ1) is 5.34. The summed E-state index contributed by atoms with van der Waals surface area (Å²) in [6.45, 7) is 4.84. The third-order valence-corrected chi connectivity index (χ3v) is 1.26. The number of aromatic nitrogens is 2. The molecule has 0 spiro atoms. The topological polar surface area (TPSA) is 29.9 Å². The molecule has 1 aromatic heterocycles. The zero-order chi connectivity index (χ0) is 8.69. The number of rotatable bonds is 2. The molecule has 0 fully saturated rings. The van der Waals surface area contributed by atoms with Gasteiger partial charge in [0.1, 0.15) is 5.82 Å². The maximum absolute atomic E-state index is 4.11. The van der Waals surface area contributed by atoms with E-state index in [1.165, 1.54) is 0 Å². The summed E-state index contributed by atoms with van der Waals surface area (Å²) in [5, 5.41) is 3.03. The molecule has 0 saturated carbocycles. The van der Waals surface area contributed by atoms with E-state index < -0.39 is 0 Å². The van der Waals surface area contributed by atoms with E-state index in [0.29, 0.717) is 0 Å². The summed E-state index contributed by atoms with van der Waals surface area (Å²) >= 11 is 0. The Hall–Kier alpha value is -0.830. The van der Waals surface area contributed by atoms with Crippen molar-refractivity contribution in [3.63, 3.8) is 0 Å². The Morgan fingerprint density at radius 3 is 2.55 bits per heavy atom. The van der Waals surface area contributed by atoms with Crippen LogP contribution in [0.15, 0.2) is 12.4 Å². The van der Waals surface area contributed by atoms with Crippen LogP contribution >= 0.6 is 0 Å². The second kappa shape index (κ2) is 5.92. The minimum absolute atomic E-state index is 0.837. The zero-order valence-corrected chi connectivity index (χ0v) is 7.76. The third kappa shape index (κ3) is 3.18. The van der Waals surface area contributed by atoms with Gasteiger partial charge in [-0.2, -0.15) is 0 Å². The molecule has 0 amide bonds. The molecule has 1 aromatic rings. The molecule has 0 aromatic carbocycles. The Labute approximate surface area is 68.5 Å². The number of hydrogen-bond acceptors (Lipinski definition) is 2. The summed E-state index contributed by atoms with van der Waals surface area (Å²) in [6, 6.07) is 0. The monoisotopic (exact) mass is 155 g/mol. The zero-order valence-electron chi connectivity index (χ0n) is 7.76. The van der Waals surface area contributed by atoms with Crippen LogP contribution in [0.2, 0.25) is 0 Å². The predicted molar refractivity (Wildman–Crippen MR) is 47.3 cm³/mol. The van der Waals surface area contributed by atoms with E-state index in [9.17, 15) is 0 Å². The van der Waals surface area contributed by atoms with E-state index in [0.717, 1.165) is 12.4 Å². The fraction of sp³-hybridized carbons (Fsp3) is 0.625. The van der Waals surface area contributed by atoms with Crippen LogP contribution in [-0.4, -0.2) is 16.6 Å². The van der Waals surface area contributed by atoms with Gasteiger partial charge in [0, 0.05) is 19.4 Å². The van der Waals surface area contributed by atoms with Gasteiger partial charge in [0.25, 0.3) is 0 Å². The van der Waals surface area contributed by atoms with Crippen molar-refractivity contribution in [3.05, 3.63) is 18.2 Å². The Balaban J connectivity index is 0.000000461. The van der Waals surface area contributed by atoms with Gasteiger partial charge in [-0.1, -0.05) is 13.8 Å². The Morgan fingerprint density at radius 2 is 2.18 bits per heavy atom. The van der Waals surface area contributed by atoms with E-state index in [-0.39, 0.29) is 0 Å². The van der Waals surface area contributed by atoms with Crippen LogP contribution in [0.4, 0.5) is 0 Å². The Morgan fingerprint density at radius 1 is 1.55 bits per heavy atom. The molecule has 0 aliphatic heterocycles. The van der Waals surface area contributed by atoms with Crippen LogP contribution in [0.1, 0.15) is 19.7 Å². The number of hydrogen-bond donors (Lipinski definition) is 1. The molecule has 64 valence electrons. The fourth-order valence-electron chi connectivity index (χ4n) is 0.725. The number of nitrogens with zero attached hydrogens (tertiary/aromatic N) is 2. The van der Waals surface area contributed by atoms with Crippen molar-refractivity contribution in [1.29, 1.82) is 0 Å². The molecule has 0 radical (unpaired) electrons. The highest BCUT2D eigenvalue weighted by atomic mass is 15.1. The normalized spacial score (nSPS) is 8.73. The standard InChI is InChI=1S/C6H11N3.C2H6/c1-7-5-6-8-3-4-9(6)2;1-2/h3-4,7H,5H2,1-2H3;1-2H3. The van der Waals surface area contributed by atoms with Gasteiger partial charge in [0.15, 0.2) is 0 Å². The van der Waals surface area contributed by atoms with Crippen molar-refractivity contribution in [2.24, 2.45) is 7.05 Å². The maximum atomic E-state index is 4.11. The smallest absolute Gasteiger partial charge is 0.122 e. The van der Waals surface area contributed by atoms with E-state index in [2.05, 4.69) is 10.3 Å². The Bertz CT molecular complexity index is 181. The van der Waals surface area contributed by atoms with Gasteiger partial charge >= 0.3 is 0 Å². The quantitative estimate of drug-likeness (QED) is 0.694. The van der Waals surface area contributed by atoms with Crippen molar-refractivity contribution in [2.45, 2.75) is 20.4 Å². The van der Waals surface area contributed by atoms with E-state index in [1.54, 1.807) is 6.20 Å². The molecular formula is C8H17N3.